The molecule has 0 spiro atoms. The summed E-state index contributed by atoms with van der Waals surface area (Å²) in [6.45, 7) is 1.50. The predicted octanol–water partition coefficient (Wildman–Crippen LogP) is 2.06. The number of aromatic carboxylic acids is 1. The molecule has 6 heteroatoms. The van der Waals surface area contributed by atoms with Crippen molar-refractivity contribution in [2.45, 2.75) is 17.6 Å². The SMILES string of the molecule is Cc1c(C(=O)O)cccc1S(=O)(=O)Cc1ccncc1. The van der Waals surface area contributed by atoms with Crippen molar-refractivity contribution in [3.05, 3.63) is 59.4 Å². The van der Waals surface area contributed by atoms with E-state index in [0.717, 1.165) is 0 Å². The second-order valence-corrected chi connectivity index (χ2v) is 6.31. The Morgan fingerprint density at radius 3 is 2.45 bits per heavy atom. The van der Waals surface area contributed by atoms with Crippen molar-refractivity contribution < 1.29 is 18.3 Å². The van der Waals surface area contributed by atoms with Gasteiger partial charge >= 0.3 is 5.97 Å². The average Bonchev–Trinajstić information content (AvgIpc) is 2.39. The van der Waals surface area contributed by atoms with Crippen molar-refractivity contribution in [1.82, 2.24) is 4.98 Å². The van der Waals surface area contributed by atoms with Crippen LogP contribution in [0.15, 0.2) is 47.6 Å². The summed E-state index contributed by atoms with van der Waals surface area (Å²) in [5.74, 6) is -1.32. The number of carboxylic acids is 1. The molecule has 1 aromatic heterocycles. The third kappa shape index (κ3) is 2.85. The lowest BCUT2D eigenvalue weighted by molar-refractivity contribution is 0.0696. The molecule has 1 aromatic carbocycles. The van der Waals surface area contributed by atoms with Gasteiger partial charge in [-0.15, -0.1) is 0 Å². The summed E-state index contributed by atoms with van der Waals surface area (Å²) in [5.41, 5.74) is 0.870. The Hall–Kier alpha value is -2.21. The van der Waals surface area contributed by atoms with Gasteiger partial charge in [-0.2, -0.15) is 0 Å². The fourth-order valence-electron chi connectivity index (χ4n) is 1.96. The molecule has 0 radical (unpaired) electrons. The smallest absolute Gasteiger partial charge is 0.335 e. The number of sulfone groups is 1. The molecule has 20 heavy (non-hydrogen) atoms. The molecule has 1 N–H and O–H groups in total. The molecule has 0 aliphatic rings. The van der Waals surface area contributed by atoms with E-state index in [1.54, 1.807) is 12.1 Å². The number of hydrogen-bond acceptors (Lipinski definition) is 4. The summed E-state index contributed by atoms with van der Waals surface area (Å²) in [5, 5.41) is 9.04. The maximum absolute atomic E-state index is 12.4. The van der Waals surface area contributed by atoms with Crippen LogP contribution in [0.25, 0.3) is 0 Å². The van der Waals surface area contributed by atoms with Gasteiger partial charge in [0, 0.05) is 12.4 Å². The topological polar surface area (TPSA) is 84.3 Å². The van der Waals surface area contributed by atoms with Crippen LogP contribution in [0.5, 0.6) is 0 Å². The highest BCUT2D eigenvalue weighted by atomic mass is 32.2. The summed E-state index contributed by atoms with van der Waals surface area (Å²) in [6.07, 6.45) is 3.04. The molecule has 5 nitrogen and oxygen atoms in total. The maximum atomic E-state index is 12.4. The minimum Gasteiger partial charge on any atom is -0.478 e. The maximum Gasteiger partial charge on any atom is 0.335 e. The molecule has 0 unspecified atom stereocenters. The van der Waals surface area contributed by atoms with E-state index in [0.29, 0.717) is 5.56 Å². The fourth-order valence-corrected chi connectivity index (χ4v) is 3.61. The van der Waals surface area contributed by atoms with Crippen LogP contribution in [0, 0.1) is 6.92 Å². The average molecular weight is 291 g/mol. The molecule has 104 valence electrons. The number of benzene rings is 1. The molecular weight excluding hydrogens is 278 g/mol. The minimum absolute atomic E-state index is 0.000744. The van der Waals surface area contributed by atoms with E-state index in [-0.39, 0.29) is 21.8 Å². The van der Waals surface area contributed by atoms with Gasteiger partial charge in [-0.1, -0.05) is 6.07 Å². The van der Waals surface area contributed by atoms with Crippen LogP contribution in [0.2, 0.25) is 0 Å². The Bertz CT molecular complexity index is 739. The van der Waals surface area contributed by atoms with Crippen molar-refractivity contribution in [2.24, 2.45) is 0 Å². The highest BCUT2D eigenvalue weighted by Crippen LogP contribution is 2.22. The Labute approximate surface area is 116 Å². The van der Waals surface area contributed by atoms with Crippen molar-refractivity contribution >= 4 is 15.8 Å². The molecule has 0 atom stereocenters. The molecule has 0 fully saturated rings. The molecule has 0 aliphatic carbocycles. The number of carboxylic acid groups (broad SMARTS) is 1. The first-order chi connectivity index (χ1) is 9.42. The molecule has 2 aromatic rings. The zero-order valence-electron chi connectivity index (χ0n) is 10.8. The Kier molecular flexibility index (Phi) is 3.85. The molecule has 2 rings (SSSR count). The second kappa shape index (κ2) is 5.42. The van der Waals surface area contributed by atoms with Gasteiger partial charge in [0.05, 0.1) is 16.2 Å². The predicted molar refractivity (Wildman–Crippen MR) is 73.3 cm³/mol. The van der Waals surface area contributed by atoms with Crippen molar-refractivity contribution in [1.29, 1.82) is 0 Å². The monoisotopic (exact) mass is 291 g/mol. The van der Waals surface area contributed by atoms with Crippen LogP contribution in [0.1, 0.15) is 21.5 Å². The van der Waals surface area contributed by atoms with E-state index in [2.05, 4.69) is 4.98 Å². The van der Waals surface area contributed by atoms with E-state index in [4.69, 9.17) is 5.11 Å². The van der Waals surface area contributed by atoms with Gasteiger partial charge in [-0.25, -0.2) is 13.2 Å². The van der Waals surface area contributed by atoms with E-state index in [1.165, 1.54) is 37.5 Å². The molecule has 0 amide bonds. The third-order valence-electron chi connectivity index (χ3n) is 2.96. The van der Waals surface area contributed by atoms with Gasteiger partial charge in [0.2, 0.25) is 0 Å². The molecule has 0 saturated heterocycles. The number of rotatable bonds is 4. The molecule has 0 saturated carbocycles. The summed E-state index contributed by atoms with van der Waals surface area (Å²) < 4.78 is 24.8. The number of pyridine rings is 1. The van der Waals surface area contributed by atoms with Gasteiger partial charge in [-0.05, 0) is 42.3 Å². The first-order valence-corrected chi connectivity index (χ1v) is 7.51. The minimum atomic E-state index is -3.59. The fraction of sp³-hybridized carbons (Fsp3) is 0.143. The van der Waals surface area contributed by atoms with Crippen molar-refractivity contribution in [3.63, 3.8) is 0 Å². The largest absolute Gasteiger partial charge is 0.478 e. The lowest BCUT2D eigenvalue weighted by atomic mass is 10.1. The van der Waals surface area contributed by atoms with Crippen LogP contribution in [0.4, 0.5) is 0 Å². The zero-order valence-corrected chi connectivity index (χ0v) is 11.6. The van der Waals surface area contributed by atoms with Crippen LogP contribution in [0.3, 0.4) is 0 Å². The van der Waals surface area contributed by atoms with Crippen molar-refractivity contribution in [3.8, 4) is 0 Å². The first-order valence-electron chi connectivity index (χ1n) is 5.86. The van der Waals surface area contributed by atoms with E-state index < -0.39 is 15.8 Å². The number of carbonyl (C=O) groups is 1. The lowest BCUT2D eigenvalue weighted by Gasteiger charge is -2.09. The normalized spacial score (nSPS) is 11.2. The molecule has 0 aliphatic heterocycles. The van der Waals surface area contributed by atoms with Gasteiger partial charge in [-0.3, -0.25) is 4.98 Å². The van der Waals surface area contributed by atoms with Gasteiger partial charge < -0.3 is 5.11 Å². The van der Waals surface area contributed by atoms with Crippen LogP contribution >= 0.6 is 0 Å². The third-order valence-corrected chi connectivity index (χ3v) is 4.78. The second-order valence-electron chi connectivity index (χ2n) is 4.35. The zero-order chi connectivity index (χ0) is 14.8. The summed E-state index contributed by atoms with van der Waals surface area (Å²) in [4.78, 5) is 14.9. The van der Waals surface area contributed by atoms with Gasteiger partial charge in [0.15, 0.2) is 9.84 Å². The molecule has 1 heterocycles. The van der Waals surface area contributed by atoms with Gasteiger partial charge in [0.25, 0.3) is 0 Å². The Balaban J connectivity index is 2.45. The molecule has 0 bridgehead atoms. The summed E-state index contributed by atoms with van der Waals surface area (Å²) in [6, 6.07) is 7.50. The number of nitrogens with zero attached hydrogens (tertiary/aromatic N) is 1. The molecular formula is C14H13NO4S. The van der Waals surface area contributed by atoms with Crippen molar-refractivity contribution in [2.75, 3.05) is 0 Å². The summed E-state index contributed by atoms with van der Waals surface area (Å²) in [7, 11) is -3.59. The Morgan fingerprint density at radius 1 is 1.20 bits per heavy atom. The van der Waals surface area contributed by atoms with E-state index >= 15 is 0 Å². The highest BCUT2D eigenvalue weighted by Gasteiger charge is 2.21. The quantitative estimate of drug-likeness (QED) is 0.932. The number of aromatic nitrogens is 1. The Morgan fingerprint density at radius 2 is 1.85 bits per heavy atom. The first kappa shape index (κ1) is 14.2. The van der Waals surface area contributed by atoms with Crippen LogP contribution in [-0.2, 0) is 15.6 Å². The lowest BCUT2D eigenvalue weighted by Crippen LogP contribution is -2.10. The summed E-state index contributed by atoms with van der Waals surface area (Å²) >= 11 is 0. The standard InChI is InChI=1S/C14H13NO4S/c1-10-12(14(16)17)3-2-4-13(10)20(18,19)9-11-5-7-15-8-6-11/h2-8H,9H2,1H3,(H,16,17). The van der Waals surface area contributed by atoms with E-state index in [1.807, 2.05) is 0 Å². The van der Waals surface area contributed by atoms with Gasteiger partial charge in [0.1, 0.15) is 0 Å². The number of hydrogen-bond donors (Lipinski definition) is 1. The van der Waals surface area contributed by atoms with Crippen LogP contribution in [-0.4, -0.2) is 24.5 Å². The van der Waals surface area contributed by atoms with E-state index in [9.17, 15) is 13.2 Å². The highest BCUT2D eigenvalue weighted by molar-refractivity contribution is 7.90. The van der Waals surface area contributed by atoms with Crippen LogP contribution < -0.4 is 0 Å².